The van der Waals surface area contributed by atoms with Crippen LogP contribution >= 0.6 is 0 Å². The number of pyridine rings is 1. The average molecular weight is 253 g/mol. The fourth-order valence-electron chi connectivity index (χ4n) is 3.57. The molecule has 2 aromatic rings. The summed E-state index contributed by atoms with van der Waals surface area (Å²) in [5, 5.41) is 4.25. The Bertz CT molecular complexity index is 597. The van der Waals surface area contributed by atoms with Crippen molar-refractivity contribution >= 4 is 5.52 Å². The van der Waals surface area contributed by atoms with Crippen molar-refractivity contribution in [3.8, 4) is 0 Å². The number of hydrogen-bond donors (Lipinski definition) is 0. The summed E-state index contributed by atoms with van der Waals surface area (Å²) in [7, 11) is 0. The normalized spacial score (nSPS) is 26.9. The monoisotopic (exact) mass is 253 g/mol. The van der Waals surface area contributed by atoms with Gasteiger partial charge in [0.05, 0.1) is 5.52 Å². The van der Waals surface area contributed by atoms with E-state index in [2.05, 4.69) is 46.5 Å². The molecule has 0 amide bonds. The van der Waals surface area contributed by atoms with E-state index in [4.69, 9.17) is 0 Å². The van der Waals surface area contributed by atoms with Gasteiger partial charge in [0.1, 0.15) is 0 Å². The standard InChI is InChI=1S/C16H19N3/c1-2-4-15-12-18(11-14(15)3-1)10-13-6-8-19-16(9-13)5-7-17-19/h1-2,5-9,14-15H,3-4,10-12H2/t14-,15+. The van der Waals surface area contributed by atoms with E-state index in [0.29, 0.717) is 0 Å². The van der Waals surface area contributed by atoms with Crippen molar-refractivity contribution in [2.75, 3.05) is 13.1 Å². The van der Waals surface area contributed by atoms with E-state index >= 15 is 0 Å². The molecule has 2 aliphatic rings. The lowest BCUT2D eigenvalue weighted by Gasteiger charge is -2.18. The molecule has 0 aromatic carbocycles. The summed E-state index contributed by atoms with van der Waals surface area (Å²) in [5.41, 5.74) is 2.59. The van der Waals surface area contributed by atoms with Crippen molar-refractivity contribution in [3.63, 3.8) is 0 Å². The molecule has 98 valence electrons. The zero-order chi connectivity index (χ0) is 12.7. The zero-order valence-electron chi connectivity index (χ0n) is 11.1. The van der Waals surface area contributed by atoms with Crippen LogP contribution in [0.15, 0.2) is 42.7 Å². The topological polar surface area (TPSA) is 20.5 Å². The molecule has 3 heterocycles. The van der Waals surface area contributed by atoms with Crippen LogP contribution in [0, 0.1) is 11.8 Å². The first-order valence-corrected chi connectivity index (χ1v) is 7.18. The summed E-state index contributed by atoms with van der Waals surface area (Å²) >= 11 is 0. The molecule has 0 spiro atoms. The van der Waals surface area contributed by atoms with Crippen LogP contribution in [0.25, 0.3) is 5.52 Å². The molecule has 3 heteroatoms. The van der Waals surface area contributed by atoms with Gasteiger partial charge in [-0.3, -0.25) is 4.90 Å². The van der Waals surface area contributed by atoms with Gasteiger partial charge in [-0.25, -0.2) is 4.52 Å². The van der Waals surface area contributed by atoms with Gasteiger partial charge >= 0.3 is 0 Å². The molecule has 2 aromatic heterocycles. The maximum Gasteiger partial charge on any atom is 0.0664 e. The predicted octanol–water partition coefficient (Wildman–Crippen LogP) is 2.73. The Morgan fingerprint density at radius 2 is 1.89 bits per heavy atom. The van der Waals surface area contributed by atoms with E-state index in [9.17, 15) is 0 Å². The molecule has 0 saturated carbocycles. The highest BCUT2D eigenvalue weighted by Crippen LogP contribution is 2.33. The van der Waals surface area contributed by atoms with Gasteiger partial charge in [0.15, 0.2) is 0 Å². The van der Waals surface area contributed by atoms with Crippen molar-refractivity contribution < 1.29 is 0 Å². The Hall–Kier alpha value is -1.61. The van der Waals surface area contributed by atoms with Crippen LogP contribution < -0.4 is 0 Å². The van der Waals surface area contributed by atoms with Crippen molar-refractivity contribution in [1.29, 1.82) is 0 Å². The lowest BCUT2D eigenvalue weighted by Crippen LogP contribution is -2.20. The van der Waals surface area contributed by atoms with Gasteiger partial charge in [-0.2, -0.15) is 5.10 Å². The third-order valence-corrected chi connectivity index (χ3v) is 4.57. The van der Waals surface area contributed by atoms with Crippen molar-refractivity contribution in [3.05, 3.63) is 48.3 Å². The highest BCUT2D eigenvalue weighted by Gasteiger charge is 2.32. The summed E-state index contributed by atoms with van der Waals surface area (Å²) in [6.45, 7) is 3.60. The molecule has 2 atom stereocenters. The van der Waals surface area contributed by atoms with Gasteiger partial charge in [-0.05, 0) is 48.4 Å². The smallest absolute Gasteiger partial charge is 0.0664 e. The van der Waals surface area contributed by atoms with Crippen LogP contribution in [0.2, 0.25) is 0 Å². The van der Waals surface area contributed by atoms with E-state index < -0.39 is 0 Å². The molecule has 0 N–H and O–H groups in total. The molecule has 4 rings (SSSR count). The quantitative estimate of drug-likeness (QED) is 0.767. The van der Waals surface area contributed by atoms with Gasteiger partial charge < -0.3 is 0 Å². The fraction of sp³-hybridized carbons (Fsp3) is 0.438. The summed E-state index contributed by atoms with van der Waals surface area (Å²) in [6.07, 6.45) is 11.2. The van der Waals surface area contributed by atoms with Gasteiger partial charge in [0.25, 0.3) is 0 Å². The van der Waals surface area contributed by atoms with Crippen molar-refractivity contribution in [1.82, 2.24) is 14.5 Å². The molecule has 1 aliphatic carbocycles. The SMILES string of the molecule is C1=CC[C@H]2CN(Cc3ccn4nccc4c3)C[C@H]2C1. The Morgan fingerprint density at radius 3 is 2.68 bits per heavy atom. The average Bonchev–Trinajstić information content (AvgIpc) is 3.03. The first kappa shape index (κ1) is 11.2. The van der Waals surface area contributed by atoms with Crippen LogP contribution in [0.5, 0.6) is 0 Å². The molecular weight excluding hydrogens is 234 g/mol. The van der Waals surface area contributed by atoms with E-state index in [1.54, 1.807) is 0 Å². The van der Waals surface area contributed by atoms with Crippen molar-refractivity contribution in [2.45, 2.75) is 19.4 Å². The number of rotatable bonds is 2. The molecule has 3 nitrogen and oxygen atoms in total. The van der Waals surface area contributed by atoms with Crippen LogP contribution in [0.3, 0.4) is 0 Å². The minimum absolute atomic E-state index is 0.892. The second kappa shape index (κ2) is 4.49. The summed E-state index contributed by atoms with van der Waals surface area (Å²) in [5.74, 6) is 1.78. The summed E-state index contributed by atoms with van der Waals surface area (Å²) in [4.78, 5) is 2.62. The van der Waals surface area contributed by atoms with E-state index in [1.807, 2.05) is 10.7 Å². The maximum absolute atomic E-state index is 4.25. The van der Waals surface area contributed by atoms with Crippen LogP contribution in [-0.4, -0.2) is 27.6 Å². The van der Waals surface area contributed by atoms with Crippen LogP contribution in [0.1, 0.15) is 18.4 Å². The Balaban J connectivity index is 1.49. The lowest BCUT2D eigenvalue weighted by atomic mass is 9.86. The predicted molar refractivity (Wildman–Crippen MR) is 75.8 cm³/mol. The third kappa shape index (κ3) is 2.08. The lowest BCUT2D eigenvalue weighted by molar-refractivity contribution is 0.314. The summed E-state index contributed by atoms with van der Waals surface area (Å²) < 4.78 is 1.93. The number of likely N-dealkylation sites (tertiary alicyclic amines) is 1. The fourth-order valence-corrected chi connectivity index (χ4v) is 3.57. The summed E-state index contributed by atoms with van der Waals surface area (Å²) in [6, 6.07) is 6.52. The van der Waals surface area contributed by atoms with Crippen molar-refractivity contribution in [2.24, 2.45) is 11.8 Å². The molecule has 0 bridgehead atoms. The molecule has 0 unspecified atom stereocenters. The van der Waals surface area contributed by atoms with E-state index in [1.165, 1.54) is 37.0 Å². The third-order valence-electron chi connectivity index (χ3n) is 4.57. The first-order valence-electron chi connectivity index (χ1n) is 7.18. The number of fused-ring (bicyclic) bond motifs is 2. The van der Waals surface area contributed by atoms with Crippen LogP contribution in [-0.2, 0) is 6.54 Å². The zero-order valence-corrected chi connectivity index (χ0v) is 11.1. The first-order chi connectivity index (χ1) is 9.38. The Morgan fingerprint density at radius 1 is 1.11 bits per heavy atom. The molecule has 1 saturated heterocycles. The molecular formula is C16H19N3. The van der Waals surface area contributed by atoms with Gasteiger partial charge in [0.2, 0.25) is 0 Å². The molecule has 0 radical (unpaired) electrons. The maximum atomic E-state index is 4.25. The molecule has 1 fully saturated rings. The van der Waals surface area contributed by atoms with Gasteiger partial charge in [-0.15, -0.1) is 0 Å². The second-order valence-corrected chi connectivity index (χ2v) is 5.89. The van der Waals surface area contributed by atoms with Gasteiger partial charge in [-0.1, -0.05) is 12.2 Å². The molecule has 19 heavy (non-hydrogen) atoms. The highest BCUT2D eigenvalue weighted by atomic mass is 15.2. The minimum atomic E-state index is 0.892. The second-order valence-electron chi connectivity index (χ2n) is 5.89. The number of allylic oxidation sites excluding steroid dienone is 2. The van der Waals surface area contributed by atoms with Gasteiger partial charge in [0, 0.05) is 32.0 Å². The van der Waals surface area contributed by atoms with E-state index in [0.717, 1.165) is 18.4 Å². The highest BCUT2D eigenvalue weighted by molar-refractivity contribution is 5.47. The number of hydrogen-bond acceptors (Lipinski definition) is 2. The van der Waals surface area contributed by atoms with Crippen LogP contribution in [0.4, 0.5) is 0 Å². The minimum Gasteiger partial charge on any atom is -0.298 e. The largest absolute Gasteiger partial charge is 0.298 e. The Labute approximate surface area is 113 Å². The number of nitrogens with zero attached hydrogens (tertiary/aromatic N) is 3. The molecule has 1 aliphatic heterocycles. The number of aromatic nitrogens is 2. The Kier molecular flexibility index (Phi) is 2.66. The van der Waals surface area contributed by atoms with E-state index in [-0.39, 0.29) is 0 Å².